The van der Waals surface area contributed by atoms with Crippen molar-refractivity contribution in [2.24, 2.45) is 0 Å². The number of halogens is 2. The summed E-state index contributed by atoms with van der Waals surface area (Å²) in [5.74, 6) is -1.59. The zero-order valence-electron chi connectivity index (χ0n) is 13.1. The molecule has 0 aromatic heterocycles. The average molecular weight is 392 g/mol. The molecule has 0 bridgehead atoms. The number of hydrogen-bond donors (Lipinski definition) is 1. The molecule has 124 valence electrons. The molecule has 0 saturated carbocycles. The lowest BCUT2D eigenvalue weighted by molar-refractivity contribution is -0.134. The molecule has 0 atom stereocenters. The highest BCUT2D eigenvalue weighted by atomic mass is 79.9. The fourth-order valence-electron chi connectivity index (χ4n) is 2.05. The fraction of sp³-hybridized carbons (Fsp3) is 0.111. The van der Waals surface area contributed by atoms with E-state index in [1.54, 1.807) is 37.3 Å². The molecule has 0 unspecified atom stereocenters. The molecular formula is C18H15BrFNO3. The highest BCUT2D eigenvalue weighted by Crippen LogP contribution is 2.24. The van der Waals surface area contributed by atoms with Crippen molar-refractivity contribution < 1.29 is 18.7 Å². The molecule has 24 heavy (non-hydrogen) atoms. The molecule has 2 rings (SSSR count). The van der Waals surface area contributed by atoms with Gasteiger partial charge in [0.1, 0.15) is 5.82 Å². The van der Waals surface area contributed by atoms with Crippen LogP contribution < -0.4 is 5.32 Å². The normalized spacial score (nSPS) is 10.7. The van der Waals surface area contributed by atoms with Gasteiger partial charge in [-0.15, -0.1) is 0 Å². The van der Waals surface area contributed by atoms with Crippen LogP contribution in [0.3, 0.4) is 0 Å². The van der Waals surface area contributed by atoms with Crippen LogP contribution in [0.2, 0.25) is 0 Å². The second-order valence-electron chi connectivity index (χ2n) is 5.03. The number of benzene rings is 2. The number of esters is 1. The lowest BCUT2D eigenvalue weighted by Crippen LogP contribution is -2.14. The molecular weight excluding hydrogens is 377 g/mol. The van der Waals surface area contributed by atoms with Crippen molar-refractivity contribution >= 4 is 39.6 Å². The Morgan fingerprint density at radius 3 is 2.50 bits per heavy atom. The molecule has 0 spiro atoms. The summed E-state index contributed by atoms with van der Waals surface area (Å²) in [6.45, 7) is 1.72. The highest BCUT2D eigenvalue weighted by Gasteiger charge is 2.13. The molecule has 0 aliphatic heterocycles. The van der Waals surface area contributed by atoms with E-state index in [-0.39, 0.29) is 5.69 Å². The smallest absolute Gasteiger partial charge is 0.330 e. The van der Waals surface area contributed by atoms with Crippen molar-refractivity contribution in [3.05, 3.63) is 69.5 Å². The number of carbonyl (C=O) groups excluding carboxylic acids is 2. The lowest BCUT2D eigenvalue weighted by Gasteiger charge is -2.11. The first kappa shape index (κ1) is 17.9. The molecule has 2 aromatic carbocycles. The minimum absolute atomic E-state index is 0.00803. The van der Waals surface area contributed by atoms with Gasteiger partial charge < -0.3 is 10.1 Å². The van der Waals surface area contributed by atoms with E-state index in [1.807, 2.05) is 0 Å². The summed E-state index contributed by atoms with van der Waals surface area (Å²) < 4.78 is 19.6. The van der Waals surface area contributed by atoms with E-state index >= 15 is 0 Å². The Bertz CT molecular complexity index is 801. The van der Waals surface area contributed by atoms with E-state index in [0.29, 0.717) is 16.7 Å². The molecule has 0 heterocycles. The van der Waals surface area contributed by atoms with Crippen molar-refractivity contribution in [1.82, 2.24) is 0 Å². The van der Waals surface area contributed by atoms with Gasteiger partial charge in [-0.3, -0.25) is 4.79 Å². The zero-order chi connectivity index (χ0) is 17.7. The van der Waals surface area contributed by atoms with E-state index in [4.69, 9.17) is 0 Å². The van der Waals surface area contributed by atoms with Crippen LogP contribution in [0.1, 0.15) is 21.5 Å². The quantitative estimate of drug-likeness (QED) is 0.622. The van der Waals surface area contributed by atoms with E-state index in [1.165, 1.54) is 25.3 Å². The van der Waals surface area contributed by atoms with Gasteiger partial charge in [-0.25, -0.2) is 9.18 Å². The van der Waals surface area contributed by atoms with Gasteiger partial charge in [0.25, 0.3) is 5.91 Å². The molecule has 0 aliphatic rings. The molecule has 2 aromatic rings. The van der Waals surface area contributed by atoms with Crippen LogP contribution in [0.4, 0.5) is 10.1 Å². The summed E-state index contributed by atoms with van der Waals surface area (Å²) in [7, 11) is 1.25. The molecule has 4 nitrogen and oxygen atoms in total. The summed E-state index contributed by atoms with van der Waals surface area (Å²) in [4.78, 5) is 23.5. The largest absolute Gasteiger partial charge is 0.466 e. The first-order valence-corrected chi connectivity index (χ1v) is 7.83. The van der Waals surface area contributed by atoms with E-state index in [2.05, 4.69) is 26.0 Å². The number of methoxy groups -OCH3 is 1. The zero-order valence-corrected chi connectivity index (χ0v) is 14.7. The van der Waals surface area contributed by atoms with Gasteiger partial charge in [-0.1, -0.05) is 15.9 Å². The van der Waals surface area contributed by atoms with Gasteiger partial charge in [-0.2, -0.15) is 0 Å². The molecule has 0 radical (unpaired) electrons. The Hall–Kier alpha value is -2.47. The molecule has 6 heteroatoms. The van der Waals surface area contributed by atoms with Gasteiger partial charge in [0.15, 0.2) is 0 Å². The van der Waals surface area contributed by atoms with E-state index in [0.717, 1.165) is 4.47 Å². The number of hydrogen-bond acceptors (Lipinski definition) is 3. The number of nitrogens with one attached hydrogen (secondary N) is 1. The molecule has 0 aliphatic carbocycles. The maximum absolute atomic E-state index is 14.3. The van der Waals surface area contributed by atoms with Crippen molar-refractivity contribution in [2.45, 2.75) is 6.92 Å². The van der Waals surface area contributed by atoms with Crippen molar-refractivity contribution in [3.8, 4) is 0 Å². The molecule has 0 saturated heterocycles. The lowest BCUT2D eigenvalue weighted by atomic mass is 10.1. The van der Waals surface area contributed by atoms with Gasteiger partial charge >= 0.3 is 5.97 Å². The standard InChI is InChI=1S/C18H15BrFNO3/c1-11-9-13(5-8-16(22)24-2)17(15(20)10-11)21-18(23)12-3-6-14(19)7-4-12/h3-10H,1-2H3,(H,21,23)/b8-5+. The van der Waals surface area contributed by atoms with Crippen LogP contribution >= 0.6 is 15.9 Å². The molecule has 1 amide bonds. The van der Waals surface area contributed by atoms with Crippen molar-refractivity contribution in [2.75, 3.05) is 12.4 Å². The fourth-order valence-corrected chi connectivity index (χ4v) is 2.31. The Kier molecular flexibility index (Phi) is 5.87. The third kappa shape index (κ3) is 4.52. The van der Waals surface area contributed by atoms with E-state index < -0.39 is 17.7 Å². The minimum Gasteiger partial charge on any atom is -0.466 e. The number of carbonyl (C=O) groups is 2. The summed E-state index contributed by atoms with van der Waals surface area (Å²) in [6.07, 6.45) is 2.57. The Labute approximate surface area is 147 Å². The summed E-state index contributed by atoms with van der Waals surface area (Å²) in [5.41, 5.74) is 1.44. The SMILES string of the molecule is COC(=O)/C=C/c1cc(C)cc(F)c1NC(=O)c1ccc(Br)cc1. The van der Waals surface area contributed by atoms with Crippen LogP contribution in [-0.2, 0) is 9.53 Å². The summed E-state index contributed by atoms with van der Waals surface area (Å²) >= 11 is 3.29. The Morgan fingerprint density at radius 2 is 1.88 bits per heavy atom. The van der Waals surface area contributed by atoms with Crippen LogP contribution in [0.15, 0.2) is 46.9 Å². The van der Waals surface area contributed by atoms with E-state index in [9.17, 15) is 14.0 Å². The minimum atomic E-state index is -0.579. The van der Waals surface area contributed by atoms with Gasteiger partial charge in [0.2, 0.25) is 0 Å². The van der Waals surface area contributed by atoms with Crippen LogP contribution in [-0.4, -0.2) is 19.0 Å². The predicted molar refractivity (Wildman–Crippen MR) is 94.3 cm³/mol. The molecule has 0 fully saturated rings. The second-order valence-corrected chi connectivity index (χ2v) is 5.94. The predicted octanol–water partition coefficient (Wildman–Crippen LogP) is 4.34. The Morgan fingerprint density at radius 1 is 1.21 bits per heavy atom. The van der Waals surface area contributed by atoms with Gasteiger partial charge in [0, 0.05) is 21.7 Å². The number of anilines is 1. The number of amides is 1. The maximum atomic E-state index is 14.3. The monoisotopic (exact) mass is 391 g/mol. The second kappa shape index (κ2) is 7.88. The van der Waals surface area contributed by atoms with Crippen LogP contribution in [0.25, 0.3) is 6.08 Å². The number of ether oxygens (including phenoxy) is 1. The first-order chi connectivity index (χ1) is 11.4. The Balaban J connectivity index is 2.34. The highest BCUT2D eigenvalue weighted by molar-refractivity contribution is 9.10. The molecule has 1 N–H and O–H groups in total. The summed E-state index contributed by atoms with van der Waals surface area (Å²) in [6, 6.07) is 9.66. The number of aryl methyl sites for hydroxylation is 1. The topological polar surface area (TPSA) is 55.4 Å². The van der Waals surface area contributed by atoms with Crippen LogP contribution in [0.5, 0.6) is 0 Å². The third-order valence-electron chi connectivity index (χ3n) is 3.21. The number of rotatable bonds is 4. The average Bonchev–Trinajstić information content (AvgIpc) is 2.55. The van der Waals surface area contributed by atoms with Crippen molar-refractivity contribution in [1.29, 1.82) is 0 Å². The summed E-state index contributed by atoms with van der Waals surface area (Å²) in [5, 5.41) is 2.55. The van der Waals surface area contributed by atoms with Gasteiger partial charge in [-0.05, 0) is 55.0 Å². The first-order valence-electron chi connectivity index (χ1n) is 7.04. The van der Waals surface area contributed by atoms with Gasteiger partial charge in [0.05, 0.1) is 12.8 Å². The maximum Gasteiger partial charge on any atom is 0.330 e. The van der Waals surface area contributed by atoms with Crippen LogP contribution in [0, 0.1) is 12.7 Å². The van der Waals surface area contributed by atoms with Crippen molar-refractivity contribution in [3.63, 3.8) is 0 Å². The third-order valence-corrected chi connectivity index (χ3v) is 3.74.